The molecule has 1 N–H and O–H groups in total. The molecular formula is C11H19NO2. The number of likely N-dealkylation sites (tertiary alicyclic amines) is 1. The van der Waals surface area contributed by atoms with Gasteiger partial charge in [-0.05, 0) is 31.7 Å². The average Bonchev–Trinajstić information content (AvgIpc) is 2.83. The highest BCUT2D eigenvalue weighted by Gasteiger charge is 2.45. The number of rotatable bonds is 3. The van der Waals surface area contributed by atoms with Gasteiger partial charge in [0.05, 0.1) is 5.92 Å². The summed E-state index contributed by atoms with van der Waals surface area (Å²) in [5.41, 5.74) is 0. The van der Waals surface area contributed by atoms with Crippen LogP contribution in [0.1, 0.15) is 33.1 Å². The van der Waals surface area contributed by atoms with E-state index in [1.165, 1.54) is 12.8 Å². The maximum atomic E-state index is 11.1. The number of hydrogen-bond acceptors (Lipinski definition) is 2. The number of hydrogen-bond donors (Lipinski definition) is 1. The molecule has 3 nitrogen and oxygen atoms in total. The number of carboxylic acids is 1. The van der Waals surface area contributed by atoms with Crippen molar-refractivity contribution in [3.05, 3.63) is 0 Å². The van der Waals surface area contributed by atoms with Crippen LogP contribution in [0.2, 0.25) is 0 Å². The first-order valence-corrected chi connectivity index (χ1v) is 5.60. The average molecular weight is 197 g/mol. The maximum Gasteiger partial charge on any atom is 0.308 e. The highest BCUT2D eigenvalue weighted by atomic mass is 16.4. The third-order valence-electron chi connectivity index (χ3n) is 3.51. The van der Waals surface area contributed by atoms with E-state index in [4.69, 9.17) is 5.11 Å². The molecule has 1 aliphatic heterocycles. The van der Waals surface area contributed by atoms with Gasteiger partial charge < -0.3 is 5.11 Å². The van der Waals surface area contributed by atoms with E-state index in [0.29, 0.717) is 12.0 Å². The monoisotopic (exact) mass is 197 g/mol. The smallest absolute Gasteiger partial charge is 0.308 e. The molecular weight excluding hydrogens is 178 g/mol. The van der Waals surface area contributed by atoms with Crippen molar-refractivity contribution in [3.8, 4) is 0 Å². The molecule has 2 rings (SSSR count). The summed E-state index contributed by atoms with van der Waals surface area (Å²) in [5.74, 6) is -0.276. The summed E-state index contributed by atoms with van der Waals surface area (Å²) in [6.07, 6.45) is 3.39. The second-order valence-electron chi connectivity index (χ2n) is 4.94. The minimum absolute atomic E-state index is 0.129. The van der Waals surface area contributed by atoms with Crippen LogP contribution in [0.4, 0.5) is 0 Å². The molecule has 2 aliphatic rings. The molecule has 1 saturated carbocycles. The van der Waals surface area contributed by atoms with Crippen molar-refractivity contribution in [2.75, 3.05) is 6.54 Å². The number of nitrogens with zero attached hydrogens (tertiary/aromatic N) is 1. The number of carbonyl (C=O) groups is 1. The summed E-state index contributed by atoms with van der Waals surface area (Å²) >= 11 is 0. The lowest BCUT2D eigenvalue weighted by molar-refractivity contribution is -0.143. The summed E-state index contributed by atoms with van der Waals surface area (Å²) in [5, 5.41) is 9.13. The standard InChI is InChI=1S/C11H19NO2/c1-7(2)10-9(11(13)14)5-6-12(10)8-3-4-8/h7-10H,3-6H2,1-2H3,(H,13,14)/t9-,10+/m0/s1. The van der Waals surface area contributed by atoms with Crippen molar-refractivity contribution in [1.29, 1.82) is 0 Å². The third-order valence-corrected chi connectivity index (χ3v) is 3.51. The first kappa shape index (κ1) is 9.97. The van der Waals surface area contributed by atoms with Gasteiger partial charge in [-0.3, -0.25) is 9.69 Å². The van der Waals surface area contributed by atoms with Crippen molar-refractivity contribution in [1.82, 2.24) is 4.90 Å². The van der Waals surface area contributed by atoms with E-state index in [2.05, 4.69) is 18.7 Å². The molecule has 1 aliphatic carbocycles. The van der Waals surface area contributed by atoms with Crippen LogP contribution in [0.3, 0.4) is 0 Å². The van der Waals surface area contributed by atoms with E-state index in [1.54, 1.807) is 0 Å². The molecule has 2 atom stereocenters. The fourth-order valence-corrected chi connectivity index (χ4v) is 2.79. The van der Waals surface area contributed by atoms with Gasteiger partial charge in [0, 0.05) is 12.1 Å². The molecule has 0 spiro atoms. The molecule has 1 saturated heterocycles. The fourth-order valence-electron chi connectivity index (χ4n) is 2.79. The Kier molecular flexibility index (Phi) is 2.52. The molecule has 0 radical (unpaired) electrons. The molecule has 0 unspecified atom stereocenters. The third kappa shape index (κ3) is 1.65. The van der Waals surface area contributed by atoms with Gasteiger partial charge in [-0.1, -0.05) is 13.8 Å². The van der Waals surface area contributed by atoms with E-state index in [1.807, 2.05) is 0 Å². The lowest BCUT2D eigenvalue weighted by Gasteiger charge is -2.29. The van der Waals surface area contributed by atoms with E-state index >= 15 is 0 Å². The normalized spacial score (nSPS) is 33.9. The highest BCUT2D eigenvalue weighted by Crippen LogP contribution is 2.38. The Bertz CT molecular complexity index is 235. The van der Waals surface area contributed by atoms with E-state index in [9.17, 15) is 4.79 Å². The Balaban J connectivity index is 2.10. The Morgan fingerprint density at radius 2 is 2.00 bits per heavy atom. The van der Waals surface area contributed by atoms with E-state index < -0.39 is 5.97 Å². The molecule has 0 aromatic rings. The maximum absolute atomic E-state index is 11.1. The topological polar surface area (TPSA) is 40.5 Å². The molecule has 0 bridgehead atoms. The number of aliphatic carboxylic acids is 1. The molecule has 0 aromatic heterocycles. The summed E-state index contributed by atoms with van der Waals surface area (Å²) < 4.78 is 0. The highest BCUT2D eigenvalue weighted by molar-refractivity contribution is 5.71. The summed E-state index contributed by atoms with van der Waals surface area (Å²) in [6, 6.07) is 0.978. The Hall–Kier alpha value is -0.570. The van der Waals surface area contributed by atoms with Crippen molar-refractivity contribution in [2.45, 2.75) is 45.2 Å². The van der Waals surface area contributed by atoms with Gasteiger partial charge in [0.1, 0.15) is 0 Å². The quantitative estimate of drug-likeness (QED) is 0.746. The van der Waals surface area contributed by atoms with Crippen LogP contribution in [-0.2, 0) is 4.79 Å². The summed E-state index contributed by atoms with van der Waals surface area (Å²) in [6.45, 7) is 5.27. The molecule has 3 heteroatoms. The van der Waals surface area contributed by atoms with Crippen molar-refractivity contribution in [3.63, 3.8) is 0 Å². The minimum atomic E-state index is -0.605. The Morgan fingerprint density at radius 1 is 1.36 bits per heavy atom. The van der Waals surface area contributed by atoms with E-state index in [-0.39, 0.29) is 12.0 Å². The van der Waals surface area contributed by atoms with Gasteiger partial charge in [-0.15, -0.1) is 0 Å². The Labute approximate surface area is 85.1 Å². The van der Waals surface area contributed by atoms with Gasteiger partial charge in [0.2, 0.25) is 0 Å². The van der Waals surface area contributed by atoms with Gasteiger partial charge in [-0.2, -0.15) is 0 Å². The van der Waals surface area contributed by atoms with Crippen LogP contribution in [-0.4, -0.2) is 34.6 Å². The Morgan fingerprint density at radius 3 is 2.43 bits per heavy atom. The first-order chi connectivity index (χ1) is 6.61. The zero-order valence-corrected chi connectivity index (χ0v) is 8.94. The molecule has 14 heavy (non-hydrogen) atoms. The molecule has 1 heterocycles. The van der Waals surface area contributed by atoms with Crippen LogP contribution in [0, 0.1) is 11.8 Å². The predicted molar refractivity (Wildman–Crippen MR) is 54.1 cm³/mol. The van der Waals surface area contributed by atoms with Crippen molar-refractivity contribution >= 4 is 5.97 Å². The molecule has 0 amide bonds. The van der Waals surface area contributed by atoms with Crippen molar-refractivity contribution in [2.24, 2.45) is 11.8 Å². The first-order valence-electron chi connectivity index (χ1n) is 5.60. The van der Waals surface area contributed by atoms with Crippen molar-refractivity contribution < 1.29 is 9.90 Å². The van der Waals surface area contributed by atoms with Gasteiger partial charge in [-0.25, -0.2) is 0 Å². The van der Waals surface area contributed by atoms with Crippen LogP contribution in [0.15, 0.2) is 0 Å². The van der Waals surface area contributed by atoms with Gasteiger partial charge in [0.25, 0.3) is 0 Å². The largest absolute Gasteiger partial charge is 0.481 e. The van der Waals surface area contributed by atoms with Crippen LogP contribution < -0.4 is 0 Å². The zero-order valence-electron chi connectivity index (χ0n) is 8.94. The molecule has 2 fully saturated rings. The molecule has 80 valence electrons. The zero-order chi connectivity index (χ0) is 10.3. The van der Waals surface area contributed by atoms with Crippen LogP contribution in [0.25, 0.3) is 0 Å². The second kappa shape index (κ2) is 3.54. The summed E-state index contributed by atoms with van der Waals surface area (Å²) in [7, 11) is 0. The van der Waals surface area contributed by atoms with Crippen LogP contribution >= 0.6 is 0 Å². The van der Waals surface area contributed by atoms with Crippen LogP contribution in [0.5, 0.6) is 0 Å². The SMILES string of the molecule is CC(C)[C@@H]1[C@@H](C(=O)O)CCN1C1CC1. The minimum Gasteiger partial charge on any atom is -0.481 e. The van der Waals surface area contributed by atoms with Gasteiger partial charge in [0.15, 0.2) is 0 Å². The second-order valence-corrected chi connectivity index (χ2v) is 4.94. The number of carboxylic acid groups (broad SMARTS) is 1. The van der Waals surface area contributed by atoms with E-state index in [0.717, 1.165) is 13.0 Å². The molecule has 0 aromatic carbocycles. The van der Waals surface area contributed by atoms with Gasteiger partial charge >= 0.3 is 5.97 Å². The fraction of sp³-hybridized carbons (Fsp3) is 0.909. The lowest BCUT2D eigenvalue weighted by atomic mass is 9.91. The predicted octanol–water partition coefficient (Wildman–Crippen LogP) is 1.58. The summed E-state index contributed by atoms with van der Waals surface area (Å²) in [4.78, 5) is 13.5. The lowest BCUT2D eigenvalue weighted by Crippen LogP contribution is -2.40.